The van der Waals surface area contributed by atoms with E-state index in [0.717, 1.165) is 0 Å². The van der Waals surface area contributed by atoms with Crippen LogP contribution in [-0.4, -0.2) is 12.4 Å². The van der Waals surface area contributed by atoms with Crippen LogP contribution in [-0.2, 0) is 0 Å². The highest BCUT2D eigenvalue weighted by atomic mass is 19.4. The molecule has 8 heteroatoms. The lowest BCUT2D eigenvalue weighted by Gasteiger charge is -2.06. The molecular weight excluding hydrogens is 368 g/mol. The minimum atomic E-state index is -5.06. The van der Waals surface area contributed by atoms with Gasteiger partial charge in [-0.25, -0.2) is 8.78 Å². The molecule has 0 spiro atoms. The number of alkyl halides is 6. The minimum absolute atomic E-state index is 0.00428. The zero-order chi connectivity index (χ0) is 19.5. The number of allylic oxidation sites excluding steroid dienone is 2. The Kier molecular flexibility index (Phi) is 5.53. The molecule has 0 radical (unpaired) electrons. The largest absolute Gasteiger partial charge is 0.442 e. The molecule has 0 nitrogen and oxygen atoms in total. The summed E-state index contributed by atoms with van der Waals surface area (Å²) in [4.78, 5) is 0. The average molecular weight is 378 g/mol. The fourth-order valence-corrected chi connectivity index (χ4v) is 2.00. The zero-order valence-electron chi connectivity index (χ0n) is 12.8. The van der Waals surface area contributed by atoms with E-state index in [4.69, 9.17) is 0 Å². The van der Waals surface area contributed by atoms with Gasteiger partial charge in [0.05, 0.1) is 0 Å². The Hall–Kier alpha value is -2.64. The van der Waals surface area contributed by atoms with Gasteiger partial charge in [-0.1, -0.05) is 48.5 Å². The summed E-state index contributed by atoms with van der Waals surface area (Å²) in [5.74, 6) is -4.46. The van der Waals surface area contributed by atoms with E-state index in [2.05, 4.69) is 0 Å². The van der Waals surface area contributed by atoms with E-state index in [1.165, 1.54) is 48.5 Å². The highest BCUT2D eigenvalue weighted by Gasteiger charge is 2.34. The molecule has 0 unspecified atom stereocenters. The van der Waals surface area contributed by atoms with Gasteiger partial charge in [0.2, 0.25) is 11.7 Å². The summed E-state index contributed by atoms with van der Waals surface area (Å²) in [6.07, 6.45) is -9.43. The molecule has 2 aromatic rings. The second-order valence-corrected chi connectivity index (χ2v) is 5.22. The van der Waals surface area contributed by atoms with E-state index >= 15 is 0 Å². The topological polar surface area (TPSA) is 0 Å². The highest BCUT2D eigenvalue weighted by Crippen LogP contribution is 2.30. The predicted octanol–water partition coefficient (Wildman–Crippen LogP) is 7.10. The molecule has 0 bridgehead atoms. The first-order chi connectivity index (χ1) is 12.0. The van der Waals surface area contributed by atoms with E-state index in [-0.39, 0.29) is 11.1 Å². The maximum atomic E-state index is 12.9. The zero-order valence-corrected chi connectivity index (χ0v) is 12.8. The van der Waals surface area contributed by atoms with Crippen molar-refractivity contribution in [2.24, 2.45) is 0 Å². The summed E-state index contributed by atoms with van der Waals surface area (Å²) in [7, 11) is 0. The van der Waals surface area contributed by atoms with E-state index in [1.54, 1.807) is 0 Å². The number of benzene rings is 2. The summed E-state index contributed by atoms with van der Waals surface area (Å²) in [5, 5.41) is 0. The molecule has 0 aliphatic heterocycles. The minimum Gasteiger partial charge on any atom is -0.202 e. The Morgan fingerprint density at radius 2 is 0.808 bits per heavy atom. The van der Waals surface area contributed by atoms with Crippen molar-refractivity contribution in [3.63, 3.8) is 0 Å². The molecule has 138 valence electrons. The van der Waals surface area contributed by atoms with Crippen molar-refractivity contribution >= 4 is 12.2 Å². The third-order valence-corrected chi connectivity index (χ3v) is 3.28. The van der Waals surface area contributed by atoms with Crippen molar-refractivity contribution in [2.75, 3.05) is 0 Å². The molecular formula is C18H10F8. The standard InChI is InChI=1S/C18H10F8/c19-15(17(21,22)23)9-11-1-5-13(6-2-11)14-7-3-12(4-8-14)10-16(20)18(24,25)26/h1-10H/b15-9-,16-10-. The molecule has 0 amide bonds. The summed E-state index contributed by atoms with van der Waals surface area (Å²) in [6, 6.07) is 10.8. The molecule has 0 N–H and O–H groups in total. The molecule has 26 heavy (non-hydrogen) atoms. The third kappa shape index (κ3) is 5.18. The Morgan fingerprint density at radius 1 is 0.538 bits per heavy atom. The van der Waals surface area contributed by atoms with Crippen molar-refractivity contribution < 1.29 is 35.1 Å². The Bertz CT molecular complexity index is 735. The number of rotatable bonds is 3. The first-order valence-electron chi connectivity index (χ1n) is 7.06. The van der Waals surface area contributed by atoms with Gasteiger partial charge in [-0.3, -0.25) is 0 Å². The van der Waals surface area contributed by atoms with Gasteiger partial charge >= 0.3 is 12.4 Å². The van der Waals surface area contributed by atoms with Crippen LogP contribution in [0.3, 0.4) is 0 Å². The molecule has 2 rings (SSSR count). The van der Waals surface area contributed by atoms with E-state index in [1.807, 2.05) is 0 Å². The van der Waals surface area contributed by atoms with Crippen molar-refractivity contribution in [3.8, 4) is 11.1 Å². The normalized spacial score (nSPS) is 13.8. The van der Waals surface area contributed by atoms with Crippen LogP contribution in [0, 0.1) is 0 Å². The van der Waals surface area contributed by atoms with Gasteiger partial charge in [0.25, 0.3) is 0 Å². The van der Waals surface area contributed by atoms with Crippen LogP contribution in [0.1, 0.15) is 11.1 Å². The maximum Gasteiger partial charge on any atom is 0.442 e. The number of hydrogen-bond acceptors (Lipinski definition) is 0. The van der Waals surface area contributed by atoms with Gasteiger partial charge in [-0.2, -0.15) is 26.3 Å². The average Bonchev–Trinajstić information content (AvgIpc) is 2.54. The first kappa shape index (κ1) is 19.7. The molecule has 2 aromatic carbocycles. The van der Waals surface area contributed by atoms with E-state index in [9.17, 15) is 35.1 Å². The van der Waals surface area contributed by atoms with Crippen molar-refractivity contribution in [1.29, 1.82) is 0 Å². The fourth-order valence-electron chi connectivity index (χ4n) is 2.00. The summed E-state index contributed by atoms with van der Waals surface area (Å²) < 4.78 is 98.6. The second-order valence-electron chi connectivity index (χ2n) is 5.22. The Balaban J connectivity index is 2.20. The molecule has 0 aliphatic carbocycles. The van der Waals surface area contributed by atoms with Crippen molar-refractivity contribution in [1.82, 2.24) is 0 Å². The van der Waals surface area contributed by atoms with E-state index in [0.29, 0.717) is 23.3 Å². The van der Waals surface area contributed by atoms with Gasteiger partial charge in [-0.05, 0) is 34.4 Å². The highest BCUT2D eigenvalue weighted by molar-refractivity contribution is 5.68. The lowest BCUT2D eigenvalue weighted by Crippen LogP contribution is -2.07. The lowest BCUT2D eigenvalue weighted by atomic mass is 10.0. The maximum absolute atomic E-state index is 12.9. The van der Waals surface area contributed by atoms with Crippen LogP contribution in [0.25, 0.3) is 23.3 Å². The second kappa shape index (κ2) is 7.31. The Morgan fingerprint density at radius 3 is 1.04 bits per heavy atom. The van der Waals surface area contributed by atoms with Gasteiger partial charge in [0, 0.05) is 0 Å². The monoisotopic (exact) mass is 378 g/mol. The molecule has 0 heterocycles. The van der Waals surface area contributed by atoms with Crippen LogP contribution in [0.4, 0.5) is 35.1 Å². The molecule has 0 atom stereocenters. The van der Waals surface area contributed by atoms with Crippen LogP contribution < -0.4 is 0 Å². The first-order valence-corrected chi connectivity index (χ1v) is 7.06. The smallest absolute Gasteiger partial charge is 0.202 e. The molecule has 0 saturated heterocycles. The summed E-state index contributed by atoms with van der Waals surface area (Å²) in [5.41, 5.74) is 1.08. The Labute approximate surface area is 143 Å². The van der Waals surface area contributed by atoms with Gasteiger partial charge in [0.15, 0.2) is 0 Å². The summed E-state index contributed by atoms with van der Waals surface area (Å²) >= 11 is 0. The third-order valence-electron chi connectivity index (χ3n) is 3.28. The van der Waals surface area contributed by atoms with Crippen LogP contribution in [0.2, 0.25) is 0 Å². The summed E-state index contributed by atoms with van der Waals surface area (Å²) in [6.45, 7) is 0. The van der Waals surface area contributed by atoms with Crippen LogP contribution in [0.5, 0.6) is 0 Å². The van der Waals surface area contributed by atoms with Gasteiger partial charge in [0.1, 0.15) is 0 Å². The van der Waals surface area contributed by atoms with Gasteiger partial charge < -0.3 is 0 Å². The predicted molar refractivity (Wildman–Crippen MR) is 82.2 cm³/mol. The molecule has 0 saturated carbocycles. The molecule has 0 aliphatic rings. The van der Waals surface area contributed by atoms with Crippen molar-refractivity contribution in [3.05, 3.63) is 71.3 Å². The number of halogens is 8. The SMILES string of the molecule is F/C(=C\c1ccc(-c2ccc(/C=C(\F)C(F)(F)F)cc2)cc1)C(F)(F)F. The molecule has 0 aromatic heterocycles. The van der Waals surface area contributed by atoms with Crippen molar-refractivity contribution in [2.45, 2.75) is 12.4 Å². The van der Waals surface area contributed by atoms with Crippen LogP contribution in [0.15, 0.2) is 60.2 Å². The quantitative estimate of drug-likeness (QED) is 0.500. The van der Waals surface area contributed by atoms with Gasteiger partial charge in [-0.15, -0.1) is 0 Å². The van der Waals surface area contributed by atoms with E-state index < -0.39 is 24.0 Å². The lowest BCUT2D eigenvalue weighted by molar-refractivity contribution is -0.108. The van der Waals surface area contributed by atoms with Crippen LogP contribution >= 0.6 is 0 Å². The fraction of sp³-hybridized carbons (Fsp3) is 0.111. The number of hydrogen-bond donors (Lipinski definition) is 0. The molecule has 0 fully saturated rings.